The Labute approximate surface area is 125 Å². The molecule has 0 aromatic rings. The van der Waals surface area contributed by atoms with Crippen molar-refractivity contribution in [3.63, 3.8) is 0 Å². The van der Waals surface area contributed by atoms with E-state index in [1.807, 2.05) is 0 Å². The SMILES string of the molecule is CCCCCCC(=O)O[C@H](CCCCCC)C[C@@H](C)O. The zero-order chi connectivity index (χ0) is 15.2. The fourth-order valence-electron chi connectivity index (χ4n) is 2.35. The van der Waals surface area contributed by atoms with E-state index in [1.54, 1.807) is 6.92 Å². The molecule has 0 fully saturated rings. The van der Waals surface area contributed by atoms with Gasteiger partial charge in [-0.2, -0.15) is 0 Å². The molecule has 0 saturated heterocycles. The molecule has 120 valence electrons. The maximum absolute atomic E-state index is 11.8. The van der Waals surface area contributed by atoms with Crippen molar-refractivity contribution in [2.45, 2.75) is 104 Å². The van der Waals surface area contributed by atoms with E-state index in [-0.39, 0.29) is 12.1 Å². The Kier molecular flexibility index (Phi) is 13.0. The Morgan fingerprint density at radius 3 is 2.15 bits per heavy atom. The van der Waals surface area contributed by atoms with Gasteiger partial charge in [-0.25, -0.2) is 0 Å². The first-order valence-electron chi connectivity index (χ1n) is 8.47. The summed E-state index contributed by atoms with van der Waals surface area (Å²) in [7, 11) is 0. The average Bonchev–Trinajstić information content (AvgIpc) is 2.39. The lowest BCUT2D eigenvalue weighted by molar-refractivity contribution is -0.150. The van der Waals surface area contributed by atoms with Gasteiger partial charge in [0.05, 0.1) is 6.10 Å². The first-order valence-corrected chi connectivity index (χ1v) is 8.47. The second-order valence-electron chi connectivity index (χ2n) is 5.86. The smallest absolute Gasteiger partial charge is 0.306 e. The van der Waals surface area contributed by atoms with Crippen LogP contribution < -0.4 is 0 Å². The van der Waals surface area contributed by atoms with Crippen LogP contribution in [0.5, 0.6) is 0 Å². The lowest BCUT2D eigenvalue weighted by atomic mass is 10.0. The first kappa shape index (κ1) is 19.4. The van der Waals surface area contributed by atoms with Gasteiger partial charge in [-0.15, -0.1) is 0 Å². The second kappa shape index (κ2) is 13.4. The van der Waals surface area contributed by atoms with Crippen molar-refractivity contribution in [1.82, 2.24) is 0 Å². The van der Waals surface area contributed by atoms with Crippen LogP contribution in [0, 0.1) is 0 Å². The maximum atomic E-state index is 11.8. The highest BCUT2D eigenvalue weighted by Crippen LogP contribution is 2.15. The summed E-state index contributed by atoms with van der Waals surface area (Å²) in [6, 6.07) is 0. The van der Waals surface area contributed by atoms with Crippen molar-refractivity contribution >= 4 is 5.97 Å². The Bertz CT molecular complexity index is 226. The standard InChI is InChI=1S/C17H34O3/c1-4-6-8-10-12-16(14-15(3)18)20-17(19)13-11-9-7-5-2/h15-16,18H,4-14H2,1-3H3/t15-,16-/m1/s1. The zero-order valence-electron chi connectivity index (χ0n) is 13.7. The normalized spacial score (nSPS) is 14.0. The summed E-state index contributed by atoms with van der Waals surface area (Å²) in [5.74, 6) is -0.0951. The van der Waals surface area contributed by atoms with Gasteiger partial charge >= 0.3 is 5.97 Å². The molecule has 0 heterocycles. The molecule has 3 nitrogen and oxygen atoms in total. The maximum Gasteiger partial charge on any atom is 0.306 e. The molecule has 0 amide bonds. The van der Waals surface area contributed by atoms with Gasteiger partial charge in [0.15, 0.2) is 0 Å². The highest BCUT2D eigenvalue weighted by molar-refractivity contribution is 5.69. The highest BCUT2D eigenvalue weighted by atomic mass is 16.5. The quantitative estimate of drug-likeness (QED) is 0.397. The van der Waals surface area contributed by atoms with Crippen LogP contribution in [-0.4, -0.2) is 23.3 Å². The average molecular weight is 286 g/mol. The van der Waals surface area contributed by atoms with E-state index < -0.39 is 6.10 Å². The molecule has 1 N–H and O–H groups in total. The van der Waals surface area contributed by atoms with Crippen LogP contribution in [0.15, 0.2) is 0 Å². The van der Waals surface area contributed by atoms with Crippen molar-refractivity contribution in [2.75, 3.05) is 0 Å². The van der Waals surface area contributed by atoms with Crippen LogP contribution in [0.25, 0.3) is 0 Å². The van der Waals surface area contributed by atoms with Crippen LogP contribution in [0.1, 0.15) is 91.4 Å². The number of aliphatic hydroxyl groups excluding tert-OH is 1. The van der Waals surface area contributed by atoms with Crippen LogP contribution in [0.2, 0.25) is 0 Å². The van der Waals surface area contributed by atoms with Crippen LogP contribution in [-0.2, 0) is 9.53 Å². The first-order chi connectivity index (χ1) is 9.60. The van der Waals surface area contributed by atoms with Gasteiger partial charge in [-0.1, -0.05) is 52.4 Å². The molecule has 0 unspecified atom stereocenters. The van der Waals surface area contributed by atoms with Crippen molar-refractivity contribution in [3.05, 3.63) is 0 Å². The molecule has 0 bridgehead atoms. The zero-order valence-corrected chi connectivity index (χ0v) is 13.7. The molecule has 0 aromatic carbocycles. The van der Waals surface area contributed by atoms with E-state index in [0.29, 0.717) is 12.8 Å². The summed E-state index contributed by atoms with van der Waals surface area (Å²) in [5, 5.41) is 9.49. The third-order valence-electron chi connectivity index (χ3n) is 3.52. The molecule has 20 heavy (non-hydrogen) atoms. The van der Waals surface area contributed by atoms with Gasteiger partial charge in [0.2, 0.25) is 0 Å². The molecular formula is C17H34O3. The van der Waals surface area contributed by atoms with E-state index >= 15 is 0 Å². The number of esters is 1. The Balaban J connectivity index is 3.90. The van der Waals surface area contributed by atoms with E-state index in [2.05, 4.69) is 13.8 Å². The van der Waals surface area contributed by atoms with E-state index in [0.717, 1.165) is 25.7 Å². The Hall–Kier alpha value is -0.570. The topological polar surface area (TPSA) is 46.5 Å². The Morgan fingerprint density at radius 1 is 1.00 bits per heavy atom. The fourth-order valence-corrected chi connectivity index (χ4v) is 2.35. The number of carbonyl (C=O) groups is 1. The van der Waals surface area contributed by atoms with E-state index in [9.17, 15) is 9.90 Å². The van der Waals surface area contributed by atoms with Crippen LogP contribution in [0.3, 0.4) is 0 Å². The van der Waals surface area contributed by atoms with Gasteiger partial charge in [0.25, 0.3) is 0 Å². The predicted octanol–water partition coefficient (Wildman–Crippen LogP) is 4.61. The minimum atomic E-state index is -0.404. The van der Waals surface area contributed by atoms with Gasteiger partial charge in [-0.3, -0.25) is 4.79 Å². The van der Waals surface area contributed by atoms with Crippen molar-refractivity contribution < 1.29 is 14.6 Å². The van der Waals surface area contributed by atoms with Crippen molar-refractivity contribution in [2.24, 2.45) is 0 Å². The second-order valence-corrected chi connectivity index (χ2v) is 5.86. The van der Waals surface area contributed by atoms with E-state index in [4.69, 9.17) is 4.74 Å². The minimum absolute atomic E-state index is 0.0951. The van der Waals surface area contributed by atoms with Crippen LogP contribution in [0.4, 0.5) is 0 Å². The van der Waals surface area contributed by atoms with Crippen molar-refractivity contribution in [1.29, 1.82) is 0 Å². The van der Waals surface area contributed by atoms with Gasteiger partial charge in [0, 0.05) is 12.8 Å². The number of hydrogen-bond donors (Lipinski definition) is 1. The van der Waals surface area contributed by atoms with E-state index in [1.165, 1.54) is 32.1 Å². The number of unbranched alkanes of at least 4 members (excludes halogenated alkanes) is 6. The lowest BCUT2D eigenvalue weighted by Gasteiger charge is -2.19. The molecule has 0 aliphatic carbocycles. The number of carbonyl (C=O) groups excluding carboxylic acids is 1. The highest BCUT2D eigenvalue weighted by Gasteiger charge is 2.16. The number of ether oxygens (including phenoxy) is 1. The minimum Gasteiger partial charge on any atom is -0.462 e. The molecular weight excluding hydrogens is 252 g/mol. The molecule has 0 aliphatic heterocycles. The number of hydrogen-bond acceptors (Lipinski definition) is 3. The van der Waals surface area contributed by atoms with Gasteiger partial charge < -0.3 is 9.84 Å². The molecule has 0 aromatic heterocycles. The molecule has 0 aliphatic rings. The van der Waals surface area contributed by atoms with Crippen LogP contribution >= 0.6 is 0 Å². The summed E-state index contributed by atoms with van der Waals surface area (Å²) in [5.41, 5.74) is 0. The number of aliphatic hydroxyl groups is 1. The summed E-state index contributed by atoms with van der Waals surface area (Å²) < 4.78 is 5.52. The summed E-state index contributed by atoms with van der Waals surface area (Å²) in [6.07, 6.45) is 10.5. The lowest BCUT2D eigenvalue weighted by Crippen LogP contribution is -2.22. The molecule has 3 heteroatoms. The molecule has 0 saturated carbocycles. The molecule has 0 spiro atoms. The van der Waals surface area contributed by atoms with Crippen molar-refractivity contribution in [3.8, 4) is 0 Å². The molecule has 0 rings (SSSR count). The summed E-state index contributed by atoms with van der Waals surface area (Å²) in [4.78, 5) is 11.8. The third kappa shape index (κ3) is 12.5. The third-order valence-corrected chi connectivity index (χ3v) is 3.52. The summed E-state index contributed by atoms with van der Waals surface area (Å²) >= 11 is 0. The van der Waals surface area contributed by atoms with Gasteiger partial charge in [0.1, 0.15) is 6.10 Å². The molecule has 0 radical (unpaired) electrons. The Morgan fingerprint density at radius 2 is 1.60 bits per heavy atom. The largest absolute Gasteiger partial charge is 0.462 e. The summed E-state index contributed by atoms with van der Waals surface area (Å²) in [6.45, 7) is 6.10. The monoisotopic (exact) mass is 286 g/mol. The van der Waals surface area contributed by atoms with Gasteiger partial charge in [-0.05, 0) is 26.2 Å². The fraction of sp³-hybridized carbons (Fsp3) is 0.941. The number of rotatable bonds is 13. The predicted molar refractivity (Wildman–Crippen MR) is 83.7 cm³/mol. The molecule has 2 atom stereocenters.